The number of aromatic nitrogens is 4. The first-order chi connectivity index (χ1) is 14.9. The van der Waals surface area contributed by atoms with Gasteiger partial charge >= 0.3 is 5.69 Å². The highest BCUT2D eigenvalue weighted by molar-refractivity contribution is 5.62. The number of nitrogens with zero attached hydrogens (tertiary/aromatic N) is 4. The van der Waals surface area contributed by atoms with E-state index in [1.807, 2.05) is 51.1 Å². The van der Waals surface area contributed by atoms with Crippen LogP contribution in [-0.2, 0) is 19.5 Å². The Morgan fingerprint density at radius 2 is 1.87 bits per heavy atom. The number of aromatic amines is 1. The number of nitrogens with one attached hydrogen (secondary N) is 1. The third kappa shape index (κ3) is 5.62. The highest BCUT2D eigenvalue weighted by Crippen LogP contribution is 2.21. The van der Waals surface area contributed by atoms with Crippen LogP contribution in [0.5, 0.6) is 0 Å². The van der Waals surface area contributed by atoms with Crippen molar-refractivity contribution >= 4 is 11.5 Å². The first-order valence-electron chi connectivity index (χ1n) is 10.6. The molecule has 0 aliphatic carbocycles. The SMILES string of the molecule is CCCCn1c(N)c(N(Cc2nnc(Cc3ccccc3)o2)CC(C)C)c(=O)[nH]c1=O. The largest absolute Gasteiger partial charge is 0.423 e. The van der Waals surface area contributed by atoms with Gasteiger partial charge in [0.1, 0.15) is 11.5 Å². The summed E-state index contributed by atoms with van der Waals surface area (Å²) >= 11 is 0. The lowest BCUT2D eigenvalue weighted by molar-refractivity contribution is 0.446. The van der Waals surface area contributed by atoms with Crippen LogP contribution < -0.4 is 21.9 Å². The van der Waals surface area contributed by atoms with Crippen molar-refractivity contribution in [1.82, 2.24) is 19.7 Å². The first-order valence-corrected chi connectivity index (χ1v) is 10.6. The lowest BCUT2D eigenvalue weighted by Crippen LogP contribution is -2.39. The molecule has 0 amide bonds. The Bertz CT molecular complexity index is 1100. The van der Waals surface area contributed by atoms with Crippen LogP contribution in [0.25, 0.3) is 0 Å². The van der Waals surface area contributed by atoms with Gasteiger partial charge in [0.2, 0.25) is 11.8 Å². The molecule has 0 atom stereocenters. The summed E-state index contributed by atoms with van der Waals surface area (Å²) in [4.78, 5) is 29.2. The molecule has 0 fully saturated rings. The predicted molar refractivity (Wildman–Crippen MR) is 120 cm³/mol. The maximum atomic E-state index is 12.7. The summed E-state index contributed by atoms with van der Waals surface area (Å²) in [7, 11) is 0. The fourth-order valence-corrected chi connectivity index (χ4v) is 3.45. The van der Waals surface area contributed by atoms with E-state index in [9.17, 15) is 9.59 Å². The number of benzene rings is 1. The van der Waals surface area contributed by atoms with Crippen molar-refractivity contribution in [2.24, 2.45) is 5.92 Å². The monoisotopic (exact) mass is 426 g/mol. The van der Waals surface area contributed by atoms with E-state index in [2.05, 4.69) is 15.2 Å². The molecule has 0 unspecified atom stereocenters. The molecule has 2 aromatic heterocycles. The number of nitrogen functional groups attached to an aromatic ring is 1. The van der Waals surface area contributed by atoms with Gasteiger partial charge in [0.05, 0.1) is 13.0 Å². The number of unbranched alkanes of at least 4 members (excludes halogenated alkanes) is 1. The van der Waals surface area contributed by atoms with Gasteiger partial charge in [0.15, 0.2) is 0 Å². The Balaban J connectivity index is 1.90. The van der Waals surface area contributed by atoms with E-state index in [4.69, 9.17) is 10.2 Å². The average Bonchev–Trinajstić information content (AvgIpc) is 3.14. The van der Waals surface area contributed by atoms with E-state index in [0.29, 0.717) is 31.3 Å². The lowest BCUT2D eigenvalue weighted by Gasteiger charge is -2.26. The van der Waals surface area contributed by atoms with Crippen molar-refractivity contribution in [2.45, 2.75) is 53.1 Å². The molecule has 166 valence electrons. The Labute approximate surface area is 180 Å². The summed E-state index contributed by atoms with van der Waals surface area (Å²) in [6.45, 7) is 7.32. The highest BCUT2D eigenvalue weighted by atomic mass is 16.4. The molecular weight excluding hydrogens is 396 g/mol. The molecule has 3 aromatic rings. The molecule has 2 heterocycles. The molecule has 31 heavy (non-hydrogen) atoms. The number of anilines is 2. The smallest absolute Gasteiger partial charge is 0.330 e. The number of H-pyrrole nitrogens is 1. The molecule has 1 aromatic carbocycles. The van der Waals surface area contributed by atoms with Crippen molar-refractivity contribution in [3.8, 4) is 0 Å². The fourth-order valence-electron chi connectivity index (χ4n) is 3.45. The Morgan fingerprint density at radius 3 is 2.55 bits per heavy atom. The maximum absolute atomic E-state index is 12.7. The van der Waals surface area contributed by atoms with E-state index >= 15 is 0 Å². The summed E-state index contributed by atoms with van der Waals surface area (Å²) in [6.07, 6.45) is 2.22. The van der Waals surface area contributed by atoms with Crippen LogP contribution in [0.4, 0.5) is 11.5 Å². The summed E-state index contributed by atoms with van der Waals surface area (Å²) in [5.74, 6) is 1.28. The third-order valence-corrected chi connectivity index (χ3v) is 4.88. The minimum absolute atomic E-state index is 0.159. The van der Waals surface area contributed by atoms with Crippen LogP contribution in [0.2, 0.25) is 0 Å². The minimum Gasteiger partial charge on any atom is -0.423 e. The molecule has 9 nitrogen and oxygen atoms in total. The lowest BCUT2D eigenvalue weighted by atomic mass is 10.2. The zero-order valence-corrected chi connectivity index (χ0v) is 18.3. The van der Waals surface area contributed by atoms with Crippen LogP contribution in [0.3, 0.4) is 0 Å². The molecule has 0 aliphatic heterocycles. The van der Waals surface area contributed by atoms with Gasteiger partial charge in [0.25, 0.3) is 5.56 Å². The molecule has 0 spiro atoms. The molecular formula is C22H30N6O3. The average molecular weight is 427 g/mol. The van der Waals surface area contributed by atoms with Gasteiger partial charge < -0.3 is 15.1 Å². The predicted octanol–water partition coefficient (Wildman–Crippen LogP) is 2.56. The number of rotatable bonds is 10. The number of hydrogen-bond donors (Lipinski definition) is 2. The standard InChI is InChI=1S/C22H30N6O3/c1-4-5-11-28-20(23)19(21(29)24-22(28)30)27(13-15(2)3)14-18-26-25-17(31-18)12-16-9-7-6-8-10-16/h6-10,15H,4-5,11-14,23H2,1-3H3,(H,24,29,30). The van der Waals surface area contributed by atoms with Gasteiger partial charge in [-0.25, -0.2) is 4.79 Å². The van der Waals surface area contributed by atoms with E-state index in [1.165, 1.54) is 4.57 Å². The van der Waals surface area contributed by atoms with E-state index in [-0.39, 0.29) is 24.0 Å². The van der Waals surface area contributed by atoms with Gasteiger partial charge in [-0.05, 0) is 17.9 Å². The molecule has 0 saturated heterocycles. The summed E-state index contributed by atoms with van der Waals surface area (Å²) in [5.41, 5.74) is 6.62. The van der Waals surface area contributed by atoms with E-state index in [1.54, 1.807) is 4.90 Å². The topological polar surface area (TPSA) is 123 Å². The Morgan fingerprint density at radius 1 is 1.16 bits per heavy atom. The second-order valence-electron chi connectivity index (χ2n) is 8.02. The quantitative estimate of drug-likeness (QED) is 0.511. The molecule has 0 radical (unpaired) electrons. The second kappa shape index (κ2) is 10.1. The van der Waals surface area contributed by atoms with Crippen molar-refractivity contribution in [3.63, 3.8) is 0 Å². The zero-order valence-electron chi connectivity index (χ0n) is 18.3. The van der Waals surface area contributed by atoms with Crippen LogP contribution in [0.1, 0.15) is 51.0 Å². The minimum atomic E-state index is -0.514. The molecule has 3 N–H and O–H groups in total. The molecule has 9 heteroatoms. The Kier molecular flexibility index (Phi) is 7.28. The second-order valence-corrected chi connectivity index (χ2v) is 8.02. The van der Waals surface area contributed by atoms with Crippen molar-refractivity contribution in [2.75, 3.05) is 17.2 Å². The van der Waals surface area contributed by atoms with Crippen LogP contribution in [-0.4, -0.2) is 26.3 Å². The molecule has 0 bridgehead atoms. The summed E-state index contributed by atoms with van der Waals surface area (Å²) < 4.78 is 7.25. The third-order valence-electron chi connectivity index (χ3n) is 4.88. The van der Waals surface area contributed by atoms with Gasteiger partial charge in [-0.15, -0.1) is 10.2 Å². The van der Waals surface area contributed by atoms with Crippen LogP contribution in [0.15, 0.2) is 44.3 Å². The number of hydrogen-bond acceptors (Lipinski definition) is 7. The summed E-state index contributed by atoms with van der Waals surface area (Å²) in [6, 6.07) is 9.86. The molecule has 3 rings (SSSR count). The fraction of sp³-hybridized carbons (Fsp3) is 0.455. The van der Waals surface area contributed by atoms with Crippen molar-refractivity contribution < 1.29 is 4.42 Å². The van der Waals surface area contributed by atoms with E-state index < -0.39 is 11.2 Å². The van der Waals surface area contributed by atoms with Gasteiger partial charge in [-0.2, -0.15) is 0 Å². The van der Waals surface area contributed by atoms with E-state index in [0.717, 1.165) is 18.4 Å². The first kappa shape index (κ1) is 22.3. The zero-order chi connectivity index (χ0) is 22.4. The van der Waals surface area contributed by atoms with Crippen LogP contribution in [0, 0.1) is 5.92 Å². The van der Waals surface area contributed by atoms with Gasteiger partial charge in [-0.3, -0.25) is 14.3 Å². The highest BCUT2D eigenvalue weighted by Gasteiger charge is 2.22. The Hall–Kier alpha value is -3.36. The van der Waals surface area contributed by atoms with Crippen molar-refractivity contribution in [1.29, 1.82) is 0 Å². The summed E-state index contributed by atoms with van der Waals surface area (Å²) in [5, 5.41) is 8.29. The van der Waals surface area contributed by atoms with Crippen molar-refractivity contribution in [3.05, 3.63) is 68.5 Å². The molecule has 0 saturated carbocycles. The maximum Gasteiger partial charge on any atom is 0.330 e. The molecule has 0 aliphatic rings. The normalized spacial score (nSPS) is 11.2. The van der Waals surface area contributed by atoms with Gasteiger partial charge in [0, 0.05) is 13.1 Å². The van der Waals surface area contributed by atoms with Gasteiger partial charge in [-0.1, -0.05) is 57.5 Å². The number of nitrogens with two attached hydrogens (primary N) is 1. The van der Waals surface area contributed by atoms with Crippen LogP contribution >= 0.6 is 0 Å².